The van der Waals surface area contributed by atoms with Gasteiger partial charge in [0, 0.05) is 18.9 Å². The highest BCUT2D eigenvalue weighted by atomic mass is 16.5. The molecule has 0 atom stereocenters. The molecule has 1 aliphatic carbocycles. The second-order valence-electron chi connectivity index (χ2n) is 6.93. The Morgan fingerprint density at radius 3 is 2.50 bits per heavy atom. The number of hydrogen-bond acceptors (Lipinski definition) is 4. The number of benzene rings is 2. The number of carbonyl (C=O) groups excluding carboxylic acids is 1. The van der Waals surface area contributed by atoms with Gasteiger partial charge < -0.3 is 14.6 Å². The van der Waals surface area contributed by atoms with Gasteiger partial charge in [0.2, 0.25) is 0 Å². The van der Waals surface area contributed by atoms with Crippen LogP contribution in [0.25, 0.3) is 0 Å². The van der Waals surface area contributed by atoms with Crippen LogP contribution in [0.4, 0.5) is 0 Å². The first-order valence-electron chi connectivity index (χ1n) is 9.29. The molecule has 1 N–H and O–H groups in total. The highest BCUT2D eigenvalue weighted by Crippen LogP contribution is 2.42. The Hall–Kier alpha value is -2.33. The standard InChI is InChI=1S/C22H26O4/c1-17(23)26-21-11-10-19(25-15-12-18-8-4-2-5-9-18)16-20(21)22(24)13-6-3-7-14-22/h2,4-5,8-11,16,24H,3,6-7,12-15H2,1H3. The summed E-state index contributed by atoms with van der Waals surface area (Å²) in [6.07, 6.45) is 5.22. The Balaban J connectivity index is 1.76. The lowest BCUT2D eigenvalue weighted by Gasteiger charge is -2.33. The van der Waals surface area contributed by atoms with Gasteiger partial charge >= 0.3 is 5.97 Å². The second kappa shape index (κ2) is 8.37. The molecule has 4 nitrogen and oxygen atoms in total. The van der Waals surface area contributed by atoms with E-state index in [0.717, 1.165) is 25.7 Å². The normalized spacial score (nSPS) is 16.1. The molecule has 26 heavy (non-hydrogen) atoms. The van der Waals surface area contributed by atoms with Crippen molar-refractivity contribution in [1.29, 1.82) is 0 Å². The summed E-state index contributed by atoms with van der Waals surface area (Å²) in [5.74, 6) is 0.728. The molecule has 0 spiro atoms. The van der Waals surface area contributed by atoms with Gasteiger partial charge in [-0.25, -0.2) is 0 Å². The van der Waals surface area contributed by atoms with Crippen LogP contribution in [-0.2, 0) is 16.8 Å². The molecule has 1 aliphatic rings. The van der Waals surface area contributed by atoms with Crippen molar-refractivity contribution in [2.24, 2.45) is 0 Å². The molecular formula is C22H26O4. The molecule has 0 aliphatic heterocycles. The maximum atomic E-state index is 11.4. The van der Waals surface area contributed by atoms with Crippen LogP contribution < -0.4 is 9.47 Å². The van der Waals surface area contributed by atoms with E-state index in [2.05, 4.69) is 12.1 Å². The zero-order chi connectivity index (χ0) is 18.4. The quantitative estimate of drug-likeness (QED) is 0.618. The Morgan fingerprint density at radius 2 is 1.81 bits per heavy atom. The molecule has 2 aromatic rings. The van der Waals surface area contributed by atoms with Gasteiger partial charge in [0.1, 0.15) is 11.5 Å². The third-order valence-electron chi connectivity index (χ3n) is 4.89. The van der Waals surface area contributed by atoms with E-state index < -0.39 is 5.60 Å². The second-order valence-corrected chi connectivity index (χ2v) is 6.93. The number of hydrogen-bond donors (Lipinski definition) is 1. The largest absolute Gasteiger partial charge is 0.493 e. The average Bonchev–Trinajstić information content (AvgIpc) is 2.64. The lowest BCUT2D eigenvalue weighted by Crippen LogP contribution is -2.29. The molecule has 138 valence electrons. The topological polar surface area (TPSA) is 55.8 Å². The number of aliphatic hydroxyl groups is 1. The summed E-state index contributed by atoms with van der Waals surface area (Å²) in [5.41, 5.74) is 0.918. The van der Waals surface area contributed by atoms with Gasteiger partial charge in [0.25, 0.3) is 0 Å². The van der Waals surface area contributed by atoms with Crippen molar-refractivity contribution in [3.63, 3.8) is 0 Å². The summed E-state index contributed by atoms with van der Waals surface area (Å²) >= 11 is 0. The van der Waals surface area contributed by atoms with E-state index in [1.54, 1.807) is 12.1 Å². The van der Waals surface area contributed by atoms with Crippen molar-refractivity contribution in [1.82, 2.24) is 0 Å². The first-order valence-corrected chi connectivity index (χ1v) is 9.29. The lowest BCUT2D eigenvalue weighted by molar-refractivity contribution is -0.132. The van der Waals surface area contributed by atoms with Crippen LogP contribution in [0.15, 0.2) is 48.5 Å². The van der Waals surface area contributed by atoms with Gasteiger partial charge in [-0.15, -0.1) is 0 Å². The predicted molar refractivity (Wildman–Crippen MR) is 100 cm³/mol. The minimum absolute atomic E-state index is 0.386. The summed E-state index contributed by atoms with van der Waals surface area (Å²) < 4.78 is 11.2. The van der Waals surface area contributed by atoms with Crippen LogP contribution in [0.1, 0.15) is 50.2 Å². The van der Waals surface area contributed by atoms with Crippen molar-refractivity contribution in [2.45, 2.75) is 51.0 Å². The molecule has 0 saturated heterocycles. The van der Waals surface area contributed by atoms with E-state index in [1.165, 1.54) is 12.5 Å². The Labute approximate surface area is 154 Å². The van der Waals surface area contributed by atoms with Gasteiger partial charge in [-0.3, -0.25) is 4.79 Å². The number of esters is 1. The lowest BCUT2D eigenvalue weighted by atomic mass is 9.79. The van der Waals surface area contributed by atoms with Crippen LogP contribution >= 0.6 is 0 Å². The van der Waals surface area contributed by atoms with Crippen LogP contribution in [-0.4, -0.2) is 17.7 Å². The molecule has 4 heteroatoms. The molecule has 0 heterocycles. The molecule has 0 radical (unpaired) electrons. The summed E-state index contributed by atoms with van der Waals surface area (Å²) in [7, 11) is 0. The van der Waals surface area contributed by atoms with Gasteiger partial charge in [-0.2, -0.15) is 0 Å². The SMILES string of the molecule is CC(=O)Oc1ccc(OCCc2ccccc2)cc1C1(O)CCCCC1. The monoisotopic (exact) mass is 354 g/mol. The fraction of sp³-hybridized carbons (Fsp3) is 0.409. The molecule has 0 amide bonds. The minimum atomic E-state index is -0.957. The Kier molecular flexibility index (Phi) is 5.94. The van der Waals surface area contributed by atoms with Crippen molar-refractivity contribution in [3.8, 4) is 11.5 Å². The summed E-state index contributed by atoms with van der Waals surface area (Å²) in [4.78, 5) is 11.4. The summed E-state index contributed by atoms with van der Waals surface area (Å²) in [6, 6.07) is 15.5. The van der Waals surface area contributed by atoms with E-state index in [-0.39, 0.29) is 5.97 Å². The highest BCUT2D eigenvalue weighted by molar-refractivity contribution is 5.70. The van der Waals surface area contributed by atoms with Gasteiger partial charge in [0.05, 0.1) is 12.2 Å². The van der Waals surface area contributed by atoms with Gasteiger partial charge in [-0.05, 0) is 36.6 Å². The zero-order valence-electron chi connectivity index (χ0n) is 15.2. The van der Waals surface area contributed by atoms with E-state index in [4.69, 9.17) is 9.47 Å². The molecule has 2 aromatic carbocycles. The number of ether oxygens (including phenoxy) is 2. The highest BCUT2D eigenvalue weighted by Gasteiger charge is 2.34. The smallest absolute Gasteiger partial charge is 0.308 e. The number of rotatable bonds is 6. The van der Waals surface area contributed by atoms with Crippen molar-refractivity contribution in [3.05, 3.63) is 59.7 Å². The third kappa shape index (κ3) is 4.64. The maximum Gasteiger partial charge on any atom is 0.308 e. The maximum absolute atomic E-state index is 11.4. The molecule has 0 unspecified atom stereocenters. The molecular weight excluding hydrogens is 328 g/mol. The van der Waals surface area contributed by atoms with Crippen LogP contribution in [0, 0.1) is 0 Å². The van der Waals surface area contributed by atoms with Crippen LogP contribution in [0.2, 0.25) is 0 Å². The van der Waals surface area contributed by atoms with Gasteiger partial charge in [0.15, 0.2) is 0 Å². The fourth-order valence-corrected chi connectivity index (χ4v) is 3.54. The Morgan fingerprint density at radius 1 is 1.08 bits per heavy atom. The molecule has 0 bridgehead atoms. The predicted octanol–water partition coefficient (Wildman–Crippen LogP) is 4.39. The van der Waals surface area contributed by atoms with Gasteiger partial charge in [-0.1, -0.05) is 49.6 Å². The van der Waals surface area contributed by atoms with Crippen molar-refractivity contribution >= 4 is 5.97 Å². The number of carbonyl (C=O) groups is 1. The van der Waals surface area contributed by atoms with E-state index in [9.17, 15) is 9.90 Å². The van der Waals surface area contributed by atoms with Crippen molar-refractivity contribution < 1.29 is 19.4 Å². The molecule has 1 fully saturated rings. The minimum Gasteiger partial charge on any atom is -0.493 e. The molecule has 0 aromatic heterocycles. The van der Waals surface area contributed by atoms with Crippen LogP contribution in [0.3, 0.4) is 0 Å². The first-order chi connectivity index (χ1) is 12.6. The summed E-state index contributed by atoms with van der Waals surface area (Å²) in [5, 5.41) is 11.1. The molecule has 3 rings (SSSR count). The summed E-state index contributed by atoms with van der Waals surface area (Å²) in [6.45, 7) is 1.92. The molecule has 1 saturated carbocycles. The fourth-order valence-electron chi connectivity index (χ4n) is 3.54. The zero-order valence-corrected chi connectivity index (χ0v) is 15.2. The van der Waals surface area contributed by atoms with Crippen LogP contribution in [0.5, 0.6) is 11.5 Å². The van der Waals surface area contributed by atoms with E-state index in [1.807, 2.05) is 24.3 Å². The van der Waals surface area contributed by atoms with Crippen molar-refractivity contribution in [2.75, 3.05) is 6.61 Å². The first kappa shape index (κ1) is 18.5. The average molecular weight is 354 g/mol. The van der Waals surface area contributed by atoms with E-state index in [0.29, 0.717) is 36.5 Å². The van der Waals surface area contributed by atoms with E-state index >= 15 is 0 Å². The third-order valence-corrected chi connectivity index (χ3v) is 4.89. The Bertz CT molecular complexity index is 733.